The molecule has 3 amide bonds. The van der Waals surface area contributed by atoms with Gasteiger partial charge in [-0.1, -0.05) is 42.5 Å². The van der Waals surface area contributed by atoms with Crippen LogP contribution >= 0.6 is 0 Å². The van der Waals surface area contributed by atoms with E-state index in [1.165, 1.54) is 19.1 Å². The predicted molar refractivity (Wildman–Crippen MR) is 200 cm³/mol. The molecule has 0 bridgehead atoms. The van der Waals surface area contributed by atoms with Gasteiger partial charge < -0.3 is 16.5 Å². The van der Waals surface area contributed by atoms with Gasteiger partial charge in [-0.2, -0.15) is 0 Å². The van der Waals surface area contributed by atoms with E-state index in [4.69, 9.17) is 11.5 Å². The highest BCUT2D eigenvalue weighted by molar-refractivity contribution is 6.23. The van der Waals surface area contributed by atoms with Crippen molar-refractivity contribution < 1.29 is 24.2 Å². The third kappa shape index (κ3) is 6.08. The summed E-state index contributed by atoms with van der Waals surface area (Å²) in [5.41, 5.74) is 15.8. The Kier molecular flexibility index (Phi) is 9.27. The number of carbonyl (C=O) groups excluding carboxylic acids is 3. The lowest BCUT2D eigenvalue weighted by atomic mass is 9.94. The molecule has 1 fully saturated rings. The number of hydrogen-bond acceptors (Lipinski definition) is 8. The summed E-state index contributed by atoms with van der Waals surface area (Å²) in [4.78, 5) is 66.0. The van der Waals surface area contributed by atoms with Gasteiger partial charge in [0.05, 0.1) is 26.2 Å². The molecule has 4 aromatic carbocycles. The number of benzene rings is 4. The number of nitrogens with zero attached hydrogens (tertiary/aromatic N) is 3. The van der Waals surface area contributed by atoms with E-state index >= 15 is 0 Å². The summed E-state index contributed by atoms with van der Waals surface area (Å²) in [5.74, 6) is -1.40. The highest BCUT2D eigenvalue weighted by Gasteiger charge is 2.32. The van der Waals surface area contributed by atoms with Crippen LogP contribution < -0.4 is 16.8 Å². The van der Waals surface area contributed by atoms with Crippen molar-refractivity contribution in [2.45, 2.75) is 33.6 Å². The van der Waals surface area contributed by atoms with Crippen molar-refractivity contribution >= 4 is 73.3 Å². The molecule has 1 aliphatic carbocycles. The smallest absolute Gasteiger partial charge is 0.321 e. The van der Waals surface area contributed by atoms with Crippen LogP contribution in [-0.4, -0.2) is 44.0 Å². The van der Waals surface area contributed by atoms with Gasteiger partial charge in [0.2, 0.25) is 0 Å². The highest BCUT2D eigenvalue weighted by atomic mass is 16.6. The standard InChI is InChI=1S/C39H34N6O7/c1-4-43(39(41)48)38(47)35(22(3)46)36-23(14-16-29(40)25-7-5-9-27-32(44(49)50)19-11-21(2)34(25)27)12-13-24(36)15-17-30-26-8-6-10-28-33(45(51)52)20-18-31(42-30)37(26)28/h5-11,14-20,42H,4,12-13,40H2,1-3H3,(H2,41,48)/b23-14+,24-15+,29-16+,30-17+,36-35-. The first kappa shape index (κ1) is 35.0. The molecule has 0 aliphatic heterocycles. The van der Waals surface area contributed by atoms with Crippen LogP contribution in [0.15, 0.2) is 101 Å². The number of carbonyl (C=O) groups is 3. The number of rotatable bonds is 8. The molecule has 262 valence electrons. The number of hydrogen-bond donors (Lipinski definition) is 3. The number of imide groups is 1. The molecule has 0 atom stereocenters. The van der Waals surface area contributed by atoms with Crippen LogP contribution in [0.25, 0.3) is 44.2 Å². The molecule has 52 heavy (non-hydrogen) atoms. The van der Waals surface area contributed by atoms with Crippen LogP contribution in [0, 0.1) is 27.2 Å². The van der Waals surface area contributed by atoms with Crippen molar-refractivity contribution in [1.82, 2.24) is 9.88 Å². The molecule has 13 heteroatoms. The lowest BCUT2D eigenvalue weighted by Crippen LogP contribution is -2.42. The van der Waals surface area contributed by atoms with E-state index in [0.29, 0.717) is 73.2 Å². The van der Waals surface area contributed by atoms with E-state index in [0.717, 1.165) is 15.8 Å². The lowest BCUT2D eigenvalue weighted by Gasteiger charge is -2.19. The molecule has 0 radical (unpaired) electrons. The number of allylic oxidation sites excluding steroid dienone is 6. The molecular weight excluding hydrogens is 664 g/mol. The van der Waals surface area contributed by atoms with Crippen molar-refractivity contribution in [3.05, 3.63) is 138 Å². The number of aromatic nitrogens is 1. The maximum Gasteiger partial charge on any atom is 0.321 e. The van der Waals surface area contributed by atoms with Gasteiger partial charge in [0.15, 0.2) is 5.78 Å². The van der Waals surface area contributed by atoms with E-state index < -0.39 is 27.6 Å². The SMILES string of the molecule is CCN(C(N)=O)C(=O)/C(C(C)=O)=C1C(=C/C=C(/N)c2cccc3c([N+](=O)[O-])ccc(C)c23)/CCC/1=C\C=c1\[nH]c2ccc([N+](=O)[O-])c3cccc1c23. The first-order valence-corrected chi connectivity index (χ1v) is 16.4. The van der Waals surface area contributed by atoms with Gasteiger partial charge in [-0.05, 0) is 86.2 Å². The van der Waals surface area contributed by atoms with Crippen LogP contribution in [0.5, 0.6) is 0 Å². The fourth-order valence-electron chi connectivity index (χ4n) is 7.00. The van der Waals surface area contributed by atoms with E-state index in [1.54, 1.807) is 73.7 Å². The number of amides is 3. The number of nitro benzene ring substituents is 2. The predicted octanol–water partition coefficient (Wildman–Crippen LogP) is 6.56. The molecule has 5 N–H and O–H groups in total. The van der Waals surface area contributed by atoms with E-state index in [2.05, 4.69) is 4.98 Å². The average molecular weight is 699 g/mol. The van der Waals surface area contributed by atoms with Gasteiger partial charge in [0.25, 0.3) is 17.3 Å². The first-order chi connectivity index (χ1) is 24.8. The Morgan fingerprint density at radius 1 is 0.827 bits per heavy atom. The Morgan fingerprint density at radius 2 is 1.42 bits per heavy atom. The van der Waals surface area contributed by atoms with Gasteiger partial charge >= 0.3 is 6.03 Å². The minimum atomic E-state index is -0.998. The van der Waals surface area contributed by atoms with Gasteiger partial charge in [-0.3, -0.25) is 34.7 Å². The topological polar surface area (TPSA) is 209 Å². The Morgan fingerprint density at radius 3 is 2.04 bits per heavy atom. The van der Waals surface area contributed by atoms with Crippen LogP contribution in [0.1, 0.15) is 37.8 Å². The van der Waals surface area contributed by atoms with Gasteiger partial charge in [-0.15, -0.1) is 0 Å². The first-order valence-electron chi connectivity index (χ1n) is 16.4. The van der Waals surface area contributed by atoms with Crippen LogP contribution in [0.4, 0.5) is 16.2 Å². The molecule has 6 rings (SSSR count). The normalized spacial score (nSPS) is 16.4. The fourth-order valence-corrected chi connectivity index (χ4v) is 7.00. The third-order valence-corrected chi connectivity index (χ3v) is 9.37. The van der Waals surface area contributed by atoms with Crippen LogP contribution in [0.3, 0.4) is 0 Å². The molecule has 1 saturated carbocycles. The van der Waals surface area contributed by atoms with Crippen molar-refractivity contribution in [2.24, 2.45) is 11.5 Å². The number of nitrogens with one attached hydrogen (secondary N) is 1. The number of fused-ring (bicyclic) bond motifs is 1. The van der Waals surface area contributed by atoms with Gasteiger partial charge in [0.1, 0.15) is 0 Å². The second kappa shape index (κ2) is 13.8. The second-order valence-electron chi connectivity index (χ2n) is 12.4. The number of nitro groups is 2. The van der Waals surface area contributed by atoms with E-state index in [-0.39, 0.29) is 23.5 Å². The fraction of sp³-hybridized carbons (Fsp3) is 0.154. The Balaban J connectivity index is 1.54. The number of non-ortho nitro benzene ring substituents is 2. The van der Waals surface area contributed by atoms with Crippen molar-refractivity contribution in [3.63, 3.8) is 0 Å². The monoisotopic (exact) mass is 698 g/mol. The van der Waals surface area contributed by atoms with E-state index in [9.17, 15) is 34.6 Å². The number of aromatic amines is 1. The number of primary amides is 1. The van der Waals surface area contributed by atoms with Crippen LogP contribution in [0.2, 0.25) is 0 Å². The zero-order chi connectivity index (χ0) is 37.4. The number of likely N-dealkylation sites (N-methyl/N-ethyl adjacent to an activating group) is 1. The Labute approximate surface area is 296 Å². The summed E-state index contributed by atoms with van der Waals surface area (Å²) < 4.78 is 0. The van der Waals surface area contributed by atoms with Crippen molar-refractivity contribution in [2.75, 3.05) is 6.54 Å². The van der Waals surface area contributed by atoms with Crippen molar-refractivity contribution in [1.29, 1.82) is 0 Å². The summed E-state index contributed by atoms with van der Waals surface area (Å²) in [5, 5.41) is 27.1. The Hall–Kier alpha value is -6.89. The number of Topliss-reactive ketones (excluding diaryl/α,β-unsaturated/α-hetero) is 1. The molecule has 0 unspecified atom stereocenters. The van der Waals surface area contributed by atoms with Gasteiger partial charge in [-0.25, -0.2) is 4.79 Å². The quantitative estimate of drug-likeness (QED) is 0.0530. The number of ketones is 1. The molecule has 5 aromatic rings. The zero-order valence-corrected chi connectivity index (χ0v) is 28.6. The molecule has 0 spiro atoms. The zero-order valence-electron chi connectivity index (χ0n) is 28.6. The molecular formula is C39H34N6O7. The lowest BCUT2D eigenvalue weighted by molar-refractivity contribution is -0.383. The molecule has 13 nitrogen and oxygen atoms in total. The minimum absolute atomic E-state index is 0.0125. The highest BCUT2D eigenvalue weighted by Crippen LogP contribution is 2.40. The molecule has 1 heterocycles. The molecule has 1 aliphatic rings. The minimum Gasteiger partial charge on any atom is -0.398 e. The number of nitrogens with two attached hydrogens (primary N) is 2. The summed E-state index contributed by atoms with van der Waals surface area (Å²) in [6, 6.07) is 15.7. The van der Waals surface area contributed by atoms with Crippen molar-refractivity contribution in [3.8, 4) is 0 Å². The second-order valence-corrected chi connectivity index (χ2v) is 12.4. The van der Waals surface area contributed by atoms with Crippen LogP contribution in [-0.2, 0) is 9.59 Å². The van der Waals surface area contributed by atoms with E-state index in [1.807, 2.05) is 13.0 Å². The number of urea groups is 1. The van der Waals surface area contributed by atoms with Gasteiger partial charge in [0, 0.05) is 57.0 Å². The summed E-state index contributed by atoms with van der Waals surface area (Å²) in [6.07, 6.45) is 7.77. The average Bonchev–Trinajstić information content (AvgIpc) is 3.67. The Bertz CT molecular complexity index is 2570. The third-order valence-electron chi connectivity index (χ3n) is 9.37. The maximum absolute atomic E-state index is 13.8. The number of H-pyrrole nitrogens is 1. The summed E-state index contributed by atoms with van der Waals surface area (Å²) in [7, 11) is 0. The maximum atomic E-state index is 13.8. The summed E-state index contributed by atoms with van der Waals surface area (Å²) >= 11 is 0. The molecule has 1 aromatic heterocycles. The number of aryl methyl sites for hydroxylation is 1. The largest absolute Gasteiger partial charge is 0.398 e. The summed E-state index contributed by atoms with van der Waals surface area (Å²) in [6.45, 7) is 4.61. The molecule has 0 saturated heterocycles.